The maximum atomic E-state index is 4.75. The first-order valence-corrected chi connectivity index (χ1v) is 10.8. The van der Waals surface area contributed by atoms with Crippen LogP contribution in [0.4, 0.5) is 0 Å². The van der Waals surface area contributed by atoms with E-state index in [1.807, 2.05) is 11.3 Å². The van der Waals surface area contributed by atoms with Crippen molar-refractivity contribution < 1.29 is 0 Å². The van der Waals surface area contributed by atoms with Crippen LogP contribution in [0.2, 0.25) is 0 Å². The fourth-order valence-electron chi connectivity index (χ4n) is 3.08. The fraction of sp³-hybridized carbons (Fsp3) is 0.526. The molecule has 7 heteroatoms. The summed E-state index contributed by atoms with van der Waals surface area (Å²) in [5, 5.41) is 11.2. The van der Waals surface area contributed by atoms with Gasteiger partial charge in [0.1, 0.15) is 0 Å². The van der Waals surface area contributed by atoms with Crippen molar-refractivity contribution in [1.29, 1.82) is 0 Å². The van der Waals surface area contributed by atoms with Crippen LogP contribution in [-0.4, -0.2) is 36.5 Å². The topological polar surface area (TPSA) is 39.7 Å². The minimum absolute atomic E-state index is 0. The molecule has 26 heavy (non-hydrogen) atoms. The Balaban J connectivity index is 0.00000243. The molecule has 0 aliphatic carbocycles. The van der Waals surface area contributed by atoms with E-state index < -0.39 is 0 Å². The molecule has 3 rings (SSSR count). The van der Waals surface area contributed by atoms with Gasteiger partial charge in [-0.25, -0.2) is 4.99 Å². The molecule has 0 amide bonds. The Bertz CT molecular complexity index is 710. The molecule has 1 atom stereocenters. The highest BCUT2D eigenvalue weighted by Gasteiger charge is 2.21. The van der Waals surface area contributed by atoms with Gasteiger partial charge < -0.3 is 10.6 Å². The van der Waals surface area contributed by atoms with Crippen molar-refractivity contribution in [1.82, 2.24) is 15.5 Å². The number of hydrogen-bond donors (Lipinski definition) is 2. The van der Waals surface area contributed by atoms with Crippen LogP contribution in [-0.2, 0) is 19.5 Å². The molecule has 3 heterocycles. The van der Waals surface area contributed by atoms with E-state index in [-0.39, 0.29) is 24.0 Å². The molecule has 0 fully saturated rings. The normalized spacial score (nSPS) is 15.9. The summed E-state index contributed by atoms with van der Waals surface area (Å²) in [6, 6.07) is 4.93. The van der Waals surface area contributed by atoms with Crippen molar-refractivity contribution >= 4 is 52.6 Å². The second-order valence-electron chi connectivity index (χ2n) is 6.54. The van der Waals surface area contributed by atoms with E-state index in [1.165, 1.54) is 22.4 Å². The van der Waals surface area contributed by atoms with Crippen molar-refractivity contribution in [3.8, 4) is 0 Å². The van der Waals surface area contributed by atoms with Crippen molar-refractivity contribution in [3.05, 3.63) is 43.8 Å². The molecule has 0 bridgehead atoms. The van der Waals surface area contributed by atoms with Crippen LogP contribution >= 0.6 is 46.7 Å². The van der Waals surface area contributed by atoms with Gasteiger partial charge in [0.15, 0.2) is 5.96 Å². The number of aliphatic imine (C=N–C) groups is 1. The second-order valence-corrected chi connectivity index (χ2v) is 8.54. The number of aryl methyl sites for hydroxylation is 1. The molecular formula is C19H29IN4S2. The Morgan fingerprint density at radius 1 is 1.27 bits per heavy atom. The first kappa shape index (κ1) is 21.7. The quantitative estimate of drug-likeness (QED) is 0.351. The Morgan fingerprint density at radius 2 is 2.08 bits per heavy atom. The maximum absolute atomic E-state index is 4.75. The molecule has 1 unspecified atom stereocenters. The van der Waals surface area contributed by atoms with E-state index in [1.54, 1.807) is 16.2 Å². The zero-order valence-corrected chi connectivity index (χ0v) is 19.7. The van der Waals surface area contributed by atoms with E-state index in [9.17, 15) is 0 Å². The lowest BCUT2D eigenvalue weighted by Gasteiger charge is -2.32. The zero-order chi connectivity index (χ0) is 17.6. The fourth-order valence-corrected chi connectivity index (χ4v) is 4.80. The number of nitrogens with one attached hydrogen (secondary N) is 2. The maximum Gasteiger partial charge on any atom is 0.191 e. The standard InChI is InChI=1S/C19H28N4S2.HI/c1-4-20-19(22-12-18-14(2)6-9-25-18)21-11-15(3)23-8-5-17-16(13-23)7-10-24-17;/h6-7,9-10,15H,4-5,8,11-13H2,1-3H3,(H2,20,21,22);1H. The lowest BCUT2D eigenvalue weighted by molar-refractivity contribution is 0.192. The van der Waals surface area contributed by atoms with Crippen LogP contribution < -0.4 is 10.6 Å². The predicted molar refractivity (Wildman–Crippen MR) is 125 cm³/mol. The monoisotopic (exact) mass is 504 g/mol. The highest BCUT2D eigenvalue weighted by atomic mass is 127. The SMILES string of the molecule is CCNC(=NCc1sccc1C)NCC(C)N1CCc2sccc2C1.I. The van der Waals surface area contributed by atoms with E-state index in [0.29, 0.717) is 6.04 Å². The minimum Gasteiger partial charge on any atom is -0.357 e. The highest BCUT2D eigenvalue weighted by Crippen LogP contribution is 2.25. The lowest BCUT2D eigenvalue weighted by Crippen LogP contribution is -2.47. The molecular weight excluding hydrogens is 475 g/mol. The Hall–Kier alpha value is -0.640. The Labute approximate surface area is 182 Å². The molecule has 144 valence electrons. The van der Waals surface area contributed by atoms with Gasteiger partial charge in [-0.15, -0.1) is 46.7 Å². The molecule has 2 aromatic heterocycles. The average Bonchev–Trinajstić information content (AvgIpc) is 3.25. The van der Waals surface area contributed by atoms with Crippen molar-refractivity contribution in [3.63, 3.8) is 0 Å². The van der Waals surface area contributed by atoms with Crippen LogP contribution in [0.25, 0.3) is 0 Å². The number of halogens is 1. The van der Waals surface area contributed by atoms with Crippen molar-refractivity contribution in [2.45, 2.75) is 46.3 Å². The van der Waals surface area contributed by atoms with Gasteiger partial charge in [0.2, 0.25) is 0 Å². The van der Waals surface area contributed by atoms with Gasteiger partial charge in [-0.3, -0.25) is 4.90 Å². The summed E-state index contributed by atoms with van der Waals surface area (Å²) in [6.45, 7) is 11.3. The molecule has 2 aromatic rings. The zero-order valence-electron chi connectivity index (χ0n) is 15.7. The number of guanidine groups is 1. The summed E-state index contributed by atoms with van der Waals surface area (Å²) in [4.78, 5) is 10.2. The molecule has 0 spiro atoms. The van der Waals surface area contributed by atoms with Crippen LogP contribution in [0.1, 0.15) is 34.7 Å². The second kappa shape index (κ2) is 10.6. The molecule has 0 aromatic carbocycles. The Morgan fingerprint density at radius 3 is 2.81 bits per heavy atom. The summed E-state index contributed by atoms with van der Waals surface area (Å²) in [7, 11) is 0. The number of hydrogen-bond acceptors (Lipinski definition) is 4. The Kier molecular flexibility index (Phi) is 8.86. The van der Waals surface area contributed by atoms with Crippen LogP contribution in [0, 0.1) is 6.92 Å². The summed E-state index contributed by atoms with van der Waals surface area (Å²) < 4.78 is 0. The van der Waals surface area contributed by atoms with Gasteiger partial charge in [-0.2, -0.15) is 0 Å². The predicted octanol–water partition coefficient (Wildman–Crippen LogP) is 4.24. The third kappa shape index (κ3) is 5.68. The first-order valence-electron chi connectivity index (χ1n) is 9.01. The smallest absolute Gasteiger partial charge is 0.191 e. The van der Waals surface area contributed by atoms with Gasteiger partial charge in [0, 0.05) is 42.0 Å². The van der Waals surface area contributed by atoms with Crippen LogP contribution in [0.5, 0.6) is 0 Å². The summed E-state index contributed by atoms with van der Waals surface area (Å²) in [5.41, 5.74) is 2.84. The molecule has 2 N–H and O–H groups in total. The molecule has 4 nitrogen and oxygen atoms in total. The minimum atomic E-state index is 0. The third-order valence-corrected chi connectivity index (χ3v) is 6.75. The van der Waals surface area contributed by atoms with E-state index in [2.05, 4.69) is 59.2 Å². The van der Waals surface area contributed by atoms with E-state index in [0.717, 1.165) is 38.7 Å². The van der Waals surface area contributed by atoms with E-state index in [4.69, 9.17) is 4.99 Å². The highest BCUT2D eigenvalue weighted by molar-refractivity contribution is 14.0. The third-order valence-electron chi connectivity index (χ3n) is 4.72. The summed E-state index contributed by atoms with van der Waals surface area (Å²) >= 11 is 3.68. The van der Waals surface area contributed by atoms with Gasteiger partial charge >= 0.3 is 0 Å². The number of nitrogens with zero attached hydrogens (tertiary/aromatic N) is 2. The molecule has 0 radical (unpaired) electrons. The number of thiophene rings is 2. The lowest BCUT2D eigenvalue weighted by atomic mass is 10.1. The van der Waals surface area contributed by atoms with Crippen LogP contribution in [0.15, 0.2) is 27.9 Å². The molecule has 0 saturated heterocycles. The first-order chi connectivity index (χ1) is 12.2. The number of rotatable bonds is 6. The van der Waals surface area contributed by atoms with Crippen molar-refractivity contribution in [2.75, 3.05) is 19.6 Å². The van der Waals surface area contributed by atoms with E-state index >= 15 is 0 Å². The van der Waals surface area contributed by atoms with Gasteiger partial charge in [0.25, 0.3) is 0 Å². The van der Waals surface area contributed by atoms with Crippen molar-refractivity contribution in [2.24, 2.45) is 4.99 Å². The summed E-state index contributed by atoms with van der Waals surface area (Å²) in [6.07, 6.45) is 1.18. The average molecular weight is 505 g/mol. The summed E-state index contributed by atoms with van der Waals surface area (Å²) in [5.74, 6) is 0.912. The number of fused-ring (bicyclic) bond motifs is 1. The molecule has 0 saturated carbocycles. The largest absolute Gasteiger partial charge is 0.357 e. The van der Waals surface area contributed by atoms with Crippen LogP contribution in [0.3, 0.4) is 0 Å². The van der Waals surface area contributed by atoms with Gasteiger partial charge in [-0.05, 0) is 61.2 Å². The molecule has 1 aliphatic heterocycles. The molecule has 1 aliphatic rings. The van der Waals surface area contributed by atoms with Gasteiger partial charge in [-0.1, -0.05) is 0 Å². The van der Waals surface area contributed by atoms with Gasteiger partial charge in [0.05, 0.1) is 6.54 Å².